The van der Waals surface area contributed by atoms with Crippen LogP contribution in [0.15, 0.2) is 54.6 Å². The molecule has 2 aromatic carbocycles. The van der Waals surface area contributed by atoms with E-state index in [1.165, 1.54) is 30.5 Å². The van der Waals surface area contributed by atoms with E-state index in [0.29, 0.717) is 6.04 Å². The highest BCUT2D eigenvalue weighted by atomic mass is 127. The van der Waals surface area contributed by atoms with Gasteiger partial charge in [0.05, 0.1) is 20.6 Å². The Bertz CT molecular complexity index is 649. The first-order valence-electron chi connectivity index (χ1n) is 8.42. The van der Waals surface area contributed by atoms with Gasteiger partial charge in [-0.2, -0.15) is 0 Å². The Labute approximate surface area is 162 Å². The van der Waals surface area contributed by atoms with Crippen LogP contribution in [0.5, 0.6) is 5.75 Å². The summed E-state index contributed by atoms with van der Waals surface area (Å²) in [5.74, 6) is 0.966. The van der Waals surface area contributed by atoms with E-state index in [0.717, 1.165) is 16.8 Å². The van der Waals surface area contributed by atoms with Crippen LogP contribution in [0.1, 0.15) is 24.0 Å². The lowest BCUT2D eigenvalue weighted by Crippen LogP contribution is -3.00. The predicted octanol–water partition coefficient (Wildman–Crippen LogP) is 1.48. The lowest BCUT2D eigenvalue weighted by molar-refractivity contribution is -0.902. The van der Waals surface area contributed by atoms with Crippen LogP contribution in [0.2, 0.25) is 0 Å². The Morgan fingerprint density at radius 3 is 2.17 bits per heavy atom. The van der Waals surface area contributed by atoms with Gasteiger partial charge in [-0.05, 0) is 23.3 Å². The van der Waals surface area contributed by atoms with Crippen molar-refractivity contribution in [3.8, 4) is 5.75 Å². The summed E-state index contributed by atoms with van der Waals surface area (Å²) in [7, 11) is 4.61. The number of halogens is 1. The third-order valence-corrected chi connectivity index (χ3v) is 4.85. The minimum atomic E-state index is 0. The number of hydrogen-bond acceptors (Lipinski definition) is 1. The van der Waals surface area contributed by atoms with Gasteiger partial charge in [0.25, 0.3) is 0 Å². The zero-order valence-corrected chi connectivity index (χ0v) is 16.6. The number of hydrogen-bond donors (Lipinski definition) is 0. The molecule has 0 unspecified atom stereocenters. The van der Waals surface area contributed by atoms with Crippen LogP contribution in [0.4, 0.5) is 0 Å². The second kappa shape index (κ2) is 8.67. The van der Waals surface area contributed by atoms with Gasteiger partial charge in [0.15, 0.2) is 0 Å². The molecule has 2 nitrogen and oxygen atoms in total. The van der Waals surface area contributed by atoms with Crippen molar-refractivity contribution in [2.45, 2.75) is 18.9 Å². The number of nitrogens with zero attached hydrogens (tertiary/aromatic N) is 1. The molecule has 1 saturated heterocycles. The Kier molecular flexibility index (Phi) is 6.87. The largest absolute Gasteiger partial charge is 1.00 e. The standard InChI is InChI=1S/C21H26NO.HI/c1-22(2)16-6-9-20(22)17-23-21-14-12-19(13-15-21)11-10-18-7-4-3-5-8-18;/h3-5,7-8,10-15,20H,6,9,16-17H2,1-2H3;1H/q+1;/p-1/b11-10+;/t20-;/m1./s1. The number of likely N-dealkylation sites (tertiary alicyclic amines) is 1. The maximum Gasteiger partial charge on any atom is 0.140 e. The van der Waals surface area contributed by atoms with E-state index in [1.807, 2.05) is 6.07 Å². The van der Waals surface area contributed by atoms with Gasteiger partial charge in [0.1, 0.15) is 18.4 Å². The second-order valence-corrected chi connectivity index (χ2v) is 6.92. The van der Waals surface area contributed by atoms with Crippen LogP contribution in [0, 0.1) is 0 Å². The summed E-state index contributed by atoms with van der Waals surface area (Å²) >= 11 is 0. The van der Waals surface area contributed by atoms with Crippen molar-refractivity contribution >= 4 is 12.2 Å². The highest BCUT2D eigenvalue weighted by Crippen LogP contribution is 2.23. The van der Waals surface area contributed by atoms with E-state index in [1.54, 1.807) is 0 Å². The number of ether oxygens (including phenoxy) is 1. The monoisotopic (exact) mass is 435 g/mol. The molecule has 3 rings (SSSR count). The van der Waals surface area contributed by atoms with Crippen molar-refractivity contribution in [2.24, 2.45) is 0 Å². The zero-order chi connectivity index (χ0) is 16.1. The van der Waals surface area contributed by atoms with E-state index in [-0.39, 0.29) is 24.0 Å². The van der Waals surface area contributed by atoms with E-state index < -0.39 is 0 Å². The molecular formula is C21H26INO. The minimum Gasteiger partial charge on any atom is -1.00 e. The molecule has 0 saturated carbocycles. The average Bonchev–Trinajstić information content (AvgIpc) is 2.91. The molecule has 1 aliphatic heterocycles. The zero-order valence-electron chi connectivity index (χ0n) is 14.5. The first kappa shape index (κ1) is 19.0. The van der Waals surface area contributed by atoms with Crippen molar-refractivity contribution in [1.82, 2.24) is 0 Å². The molecule has 1 heterocycles. The molecule has 2 aromatic rings. The lowest BCUT2D eigenvalue weighted by atomic mass is 10.1. The maximum absolute atomic E-state index is 6.00. The molecule has 0 aliphatic carbocycles. The van der Waals surface area contributed by atoms with E-state index >= 15 is 0 Å². The van der Waals surface area contributed by atoms with Crippen LogP contribution < -0.4 is 28.7 Å². The number of benzene rings is 2. The Morgan fingerprint density at radius 1 is 0.958 bits per heavy atom. The minimum absolute atomic E-state index is 0. The molecule has 0 aromatic heterocycles. The molecular weight excluding hydrogens is 409 g/mol. The number of likely N-dealkylation sites (N-methyl/N-ethyl adjacent to an activating group) is 1. The summed E-state index contributed by atoms with van der Waals surface area (Å²) in [5.41, 5.74) is 2.41. The van der Waals surface area contributed by atoms with E-state index in [4.69, 9.17) is 4.74 Å². The first-order chi connectivity index (χ1) is 11.1. The van der Waals surface area contributed by atoms with E-state index in [9.17, 15) is 0 Å². The fraction of sp³-hybridized carbons (Fsp3) is 0.333. The number of quaternary nitrogens is 1. The van der Waals surface area contributed by atoms with Crippen molar-refractivity contribution < 1.29 is 33.2 Å². The summed E-state index contributed by atoms with van der Waals surface area (Å²) in [6, 6.07) is 19.3. The molecule has 0 N–H and O–H groups in total. The molecule has 0 amide bonds. The predicted molar refractivity (Wildman–Crippen MR) is 97.3 cm³/mol. The van der Waals surface area contributed by atoms with Gasteiger partial charge in [0, 0.05) is 12.8 Å². The lowest BCUT2D eigenvalue weighted by Gasteiger charge is -2.31. The van der Waals surface area contributed by atoms with Crippen molar-refractivity contribution in [1.29, 1.82) is 0 Å². The molecule has 1 atom stereocenters. The molecule has 0 bridgehead atoms. The summed E-state index contributed by atoms with van der Waals surface area (Å²) in [6.07, 6.45) is 6.85. The van der Waals surface area contributed by atoms with Crippen LogP contribution in [-0.4, -0.2) is 37.8 Å². The first-order valence-corrected chi connectivity index (χ1v) is 8.42. The Morgan fingerprint density at radius 2 is 1.58 bits per heavy atom. The highest BCUT2D eigenvalue weighted by molar-refractivity contribution is 5.69. The highest BCUT2D eigenvalue weighted by Gasteiger charge is 2.34. The molecule has 128 valence electrons. The molecule has 1 aliphatic rings. The quantitative estimate of drug-likeness (QED) is 0.393. The van der Waals surface area contributed by atoms with Gasteiger partial charge in [-0.1, -0.05) is 54.6 Å². The third-order valence-electron chi connectivity index (χ3n) is 4.85. The molecule has 0 radical (unpaired) electrons. The van der Waals surface area contributed by atoms with Gasteiger partial charge in [-0.3, -0.25) is 0 Å². The molecule has 0 spiro atoms. The van der Waals surface area contributed by atoms with E-state index in [2.05, 4.69) is 74.8 Å². The Balaban J connectivity index is 0.00000208. The molecule has 24 heavy (non-hydrogen) atoms. The summed E-state index contributed by atoms with van der Waals surface area (Å²) in [6.45, 7) is 2.07. The molecule has 1 fully saturated rings. The van der Waals surface area contributed by atoms with Crippen molar-refractivity contribution in [3.63, 3.8) is 0 Å². The Hall–Kier alpha value is -1.33. The topological polar surface area (TPSA) is 9.23 Å². The summed E-state index contributed by atoms with van der Waals surface area (Å²) < 4.78 is 7.08. The fourth-order valence-corrected chi connectivity index (χ4v) is 3.18. The van der Waals surface area contributed by atoms with Crippen LogP contribution in [0.3, 0.4) is 0 Å². The normalized spacial score (nSPS) is 19.2. The molecule has 3 heteroatoms. The average molecular weight is 435 g/mol. The van der Waals surface area contributed by atoms with Gasteiger partial charge in [-0.25, -0.2) is 0 Å². The van der Waals surface area contributed by atoms with Crippen LogP contribution >= 0.6 is 0 Å². The summed E-state index contributed by atoms with van der Waals surface area (Å²) in [4.78, 5) is 0. The number of rotatable bonds is 5. The van der Waals surface area contributed by atoms with Gasteiger partial charge < -0.3 is 33.2 Å². The maximum atomic E-state index is 6.00. The third kappa shape index (κ3) is 5.08. The van der Waals surface area contributed by atoms with Crippen molar-refractivity contribution in [2.75, 3.05) is 27.2 Å². The van der Waals surface area contributed by atoms with Crippen molar-refractivity contribution in [3.05, 3.63) is 65.7 Å². The van der Waals surface area contributed by atoms with Crippen LogP contribution in [-0.2, 0) is 0 Å². The van der Waals surface area contributed by atoms with Gasteiger partial charge in [0.2, 0.25) is 0 Å². The second-order valence-electron chi connectivity index (χ2n) is 6.92. The fourth-order valence-electron chi connectivity index (χ4n) is 3.18. The van der Waals surface area contributed by atoms with Crippen LogP contribution in [0.25, 0.3) is 12.2 Å². The van der Waals surface area contributed by atoms with Gasteiger partial charge in [-0.15, -0.1) is 0 Å². The van der Waals surface area contributed by atoms with Gasteiger partial charge >= 0.3 is 0 Å². The summed E-state index contributed by atoms with van der Waals surface area (Å²) in [5, 5.41) is 0. The smallest absolute Gasteiger partial charge is 0.140 e. The SMILES string of the molecule is C[N+]1(C)CCC[C@@H]1COc1ccc(/C=C/c2ccccc2)cc1.[I-].